The molecule has 8 heteroatoms. The maximum Gasteiger partial charge on any atom is 0.433 e. The number of pyridine rings is 1. The normalized spacial score (nSPS) is 12.5. The number of aryl methyl sites for hydroxylation is 1. The lowest BCUT2D eigenvalue weighted by atomic mass is 9.86. The van der Waals surface area contributed by atoms with Crippen LogP contribution in [0.3, 0.4) is 0 Å². The van der Waals surface area contributed by atoms with E-state index in [1.54, 1.807) is 12.1 Å². The standard InChI is InChI=1S/C20H18F5N3/c1-19(2,3)11-7-15(13-6-5-12(21)9-14(13)22)26-16(8-11)17-10-18(20(23,24)25)28(4)27-17/h5-10H,1-4H3. The Morgan fingerprint density at radius 2 is 1.50 bits per heavy atom. The molecule has 0 saturated carbocycles. The van der Waals surface area contributed by atoms with Gasteiger partial charge in [0.25, 0.3) is 0 Å². The summed E-state index contributed by atoms with van der Waals surface area (Å²) in [5, 5.41) is 3.92. The van der Waals surface area contributed by atoms with E-state index in [9.17, 15) is 22.0 Å². The quantitative estimate of drug-likeness (QED) is 0.518. The highest BCUT2D eigenvalue weighted by Gasteiger charge is 2.35. The van der Waals surface area contributed by atoms with E-state index in [1.807, 2.05) is 20.8 Å². The molecular weight excluding hydrogens is 377 g/mol. The lowest BCUT2D eigenvalue weighted by molar-refractivity contribution is -0.143. The van der Waals surface area contributed by atoms with Crippen LogP contribution in [-0.2, 0) is 18.6 Å². The van der Waals surface area contributed by atoms with Gasteiger partial charge in [-0.25, -0.2) is 13.8 Å². The molecule has 2 heterocycles. The predicted molar refractivity (Wildman–Crippen MR) is 95.5 cm³/mol. The highest BCUT2D eigenvalue weighted by Crippen LogP contribution is 2.34. The fourth-order valence-electron chi connectivity index (χ4n) is 2.79. The Labute approximate surface area is 158 Å². The lowest BCUT2D eigenvalue weighted by Gasteiger charge is -2.21. The molecule has 3 aromatic rings. The number of hydrogen-bond acceptors (Lipinski definition) is 2. The molecule has 0 aliphatic rings. The van der Waals surface area contributed by atoms with Gasteiger partial charge in [0.05, 0.1) is 11.4 Å². The zero-order valence-electron chi connectivity index (χ0n) is 15.7. The van der Waals surface area contributed by atoms with Crippen LogP contribution in [0.15, 0.2) is 36.4 Å². The van der Waals surface area contributed by atoms with Gasteiger partial charge in [0.2, 0.25) is 0 Å². The summed E-state index contributed by atoms with van der Waals surface area (Å²) in [5.41, 5.74) is -0.123. The van der Waals surface area contributed by atoms with Gasteiger partial charge in [-0.05, 0) is 41.3 Å². The van der Waals surface area contributed by atoms with Gasteiger partial charge < -0.3 is 0 Å². The molecule has 0 aliphatic heterocycles. The largest absolute Gasteiger partial charge is 0.433 e. The van der Waals surface area contributed by atoms with E-state index >= 15 is 0 Å². The molecule has 148 valence electrons. The first-order valence-electron chi connectivity index (χ1n) is 8.46. The van der Waals surface area contributed by atoms with Crippen molar-refractivity contribution in [1.82, 2.24) is 14.8 Å². The molecule has 0 spiro atoms. The maximum absolute atomic E-state index is 14.3. The van der Waals surface area contributed by atoms with Gasteiger partial charge in [-0.2, -0.15) is 18.3 Å². The number of benzene rings is 1. The van der Waals surface area contributed by atoms with Crippen LogP contribution in [0, 0.1) is 11.6 Å². The number of alkyl halides is 3. The van der Waals surface area contributed by atoms with Crippen LogP contribution in [0.25, 0.3) is 22.6 Å². The van der Waals surface area contributed by atoms with Gasteiger partial charge in [0.1, 0.15) is 23.0 Å². The zero-order valence-corrected chi connectivity index (χ0v) is 15.7. The van der Waals surface area contributed by atoms with Crippen molar-refractivity contribution in [3.63, 3.8) is 0 Å². The lowest BCUT2D eigenvalue weighted by Crippen LogP contribution is -2.12. The second-order valence-corrected chi connectivity index (χ2v) is 7.54. The molecule has 0 bridgehead atoms. The molecule has 3 rings (SSSR count). The van der Waals surface area contributed by atoms with E-state index in [0.717, 1.165) is 28.4 Å². The molecule has 0 amide bonds. The van der Waals surface area contributed by atoms with Crippen molar-refractivity contribution < 1.29 is 22.0 Å². The first-order valence-corrected chi connectivity index (χ1v) is 8.46. The smallest absolute Gasteiger partial charge is 0.263 e. The van der Waals surface area contributed by atoms with Gasteiger partial charge in [-0.15, -0.1) is 0 Å². The van der Waals surface area contributed by atoms with Crippen molar-refractivity contribution in [2.45, 2.75) is 32.4 Å². The second-order valence-electron chi connectivity index (χ2n) is 7.54. The third kappa shape index (κ3) is 3.90. The topological polar surface area (TPSA) is 30.7 Å². The van der Waals surface area contributed by atoms with Gasteiger partial charge >= 0.3 is 6.18 Å². The van der Waals surface area contributed by atoms with Gasteiger partial charge in [0, 0.05) is 18.7 Å². The molecule has 0 N–H and O–H groups in total. The summed E-state index contributed by atoms with van der Waals surface area (Å²) >= 11 is 0. The van der Waals surface area contributed by atoms with E-state index in [2.05, 4.69) is 10.1 Å². The molecule has 0 radical (unpaired) electrons. The summed E-state index contributed by atoms with van der Waals surface area (Å²) in [6.07, 6.45) is -4.56. The molecule has 28 heavy (non-hydrogen) atoms. The highest BCUT2D eigenvalue weighted by molar-refractivity contribution is 5.67. The second kappa shape index (κ2) is 6.68. The van der Waals surface area contributed by atoms with Crippen molar-refractivity contribution in [3.05, 3.63) is 59.3 Å². The molecular formula is C20H18F5N3. The van der Waals surface area contributed by atoms with Crippen LogP contribution in [-0.4, -0.2) is 14.8 Å². The van der Waals surface area contributed by atoms with Crippen molar-refractivity contribution in [2.75, 3.05) is 0 Å². The molecule has 0 aliphatic carbocycles. The van der Waals surface area contributed by atoms with E-state index < -0.39 is 23.5 Å². The molecule has 1 aromatic carbocycles. The molecule has 0 unspecified atom stereocenters. The monoisotopic (exact) mass is 395 g/mol. The van der Waals surface area contributed by atoms with Crippen molar-refractivity contribution in [2.24, 2.45) is 7.05 Å². The summed E-state index contributed by atoms with van der Waals surface area (Å²) in [7, 11) is 1.19. The minimum atomic E-state index is -4.56. The van der Waals surface area contributed by atoms with Crippen LogP contribution in [0.4, 0.5) is 22.0 Å². The molecule has 2 aromatic heterocycles. The molecule has 3 nitrogen and oxygen atoms in total. The number of aromatic nitrogens is 3. The fourth-order valence-corrected chi connectivity index (χ4v) is 2.79. The Balaban J connectivity index is 2.22. The Bertz CT molecular complexity index is 1030. The Hall–Kier alpha value is -2.77. The first-order chi connectivity index (χ1) is 12.9. The first kappa shape index (κ1) is 20.0. The van der Waals surface area contributed by atoms with Crippen LogP contribution < -0.4 is 0 Å². The number of rotatable bonds is 2. The predicted octanol–water partition coefficient (Wildman–Crippen LogP) is 5.74. The molecule has 0 fully saturated rings. The highest BCUT2D eigenvalue weighted by atomic mass is 19.4. The van der Waals surface area contributed by atoms with Crippen LogP contribution >= 0.6 is 0 Å². The summed E-state index contributed by atoms with van der Waals surface area (Å²) in [6.45, 7) is 5.74. The Morgan fingerprint density at radius 3 is 2.04 bits per heavy atom. The van der Waals surface area contributed by atoms with Gasteiger partial charge in [-0.3, -0.25) is 4.68 Å². The van der Waals surface area contributed by atoms with Gasteiger partial charge in [0.15, 0.2) is 0 Å². The van der Waals surface area contributed by atoms with E-state index in [0.29, 0.717) is 0 Å². The van der Waals surface area contributed by atoms with Crippen LogP contribution in [0.2, 0.25) is 0 Å². The fraction of sp³-hybridized carbons (Fsp3) is 0.300. The SMILES string of the molecule is Cn1nc(-c2cc(C(C)(C)C)cc(-c3ccc(F)cc3F)n2)cc1C(F)(F)F. The minimum Gasteiger partial charge on any atom is -0.263 e. The third-order valence-corrected chi connectivity index (χ3v) is 4.33. The number of hydrogen-bond donors (Lipinski definition) is 0. The summed E-state index contributed by atoms with van der Waals surface area (Å²) < 4.78 is 67.6. The van der Waals surface area contributed by atoms with E-state index in [4.69, 9.17) is 0 Å². The minimum absolute atomic E-state index is 0.0182. The van der Waals surface area contributed by atoms with E-state index in [1.165, 1.54) is 13.1 Å². The van der Waals surface area contributed by atoms with Crippen molar-refractivity contribution in [3.8, 4) is 22.6 Å². The summed E-state index contributed by atoms with van der Waals surface area (Å²) in [5.74, 6) is -1.53. The zero-order chi connectivity index (χ0) is 20.9. The van der Waals surface area contributed by atoms with Crippen LogP contribution in [0.1, 0.15) is 32.0 Å². The molecule has 0 atom stereocenters. The maximum atomic E-state index is 14.3. The van der Waals surface area contributed by atoms with Crippen molar-refractivity contribution in [1.29, 1.82) is 0 Å². The van der Waals surface area contributed by atoms with E-state index in [-0.39, 0.29) is 28.1 Å². The summed E-state index contributed by atoms with van der Waals surface area (Å²) in [4.78, 5) is 4.31. The molecule has 0 saturated heterocycles. The van der Waals surface area contributed by atoms with Crippen molar-refractivity contribution >= 4 is 0 Å². The Morgan fingerprint density at radius 1 is 0.857 bits per heavy atom. The number of nitrogens with zero attached hydrogens (tertiary/aromatic N) is 3. The average molecular weight is 395 g/mol. The third-order valence-electron chi connectivity index (χ3n) is 4.33. The average Bonchev–Trinajstić information content (AvgIpc) is 2.96. The Kier molecular flexibility index (Phi) is 4.77. The van der Waals surface area contributed by atoms with Gasteiger partial charge in [-0.1, -0.05) is 20.8 Å². The van der Waals surface area contributed by atoms with Crippen LogP contribution in [0.5, 0.6) is 0 Å². The summed E-state index contributed by atoms with van der Waals surface area (Å²) in [6, 6.07) is 7.28. The number of halogens is 5.